The van der Waals surface area contributed by atoms with Crippen LogP contribution in [0.1, 0.15) is 9.67 Å². The van der Waals surface area contributed by atoms with Crippen LogP contribution in [0.4, 0.5) is 4.39 Å². The van der Waals surface area contributed by atoms with Gasteiger partial charge in [0.1, 0.15) is 22.0 Å². The second-order valence-corrected chi connectivity index (χ2v) is 6.47. The maximum atomic E-state index is 13.1. The zero-order valence-electron chi connectivity index (χ0n) is 13.3. The quantitative estimate of drug-likeness (QED) is 0.295. The molecule has 6 heteroatoms. The molecule has 0 fully saturated rings. The number of esters is 1. The Bertz CT molecular complexity index is 1140. The van der Waals surface area contributed by atoms with Gasteiger partial charge in [0, 0.05) is 11.5 Å². The normalized spacial score (nSPS) is 10.8. The third-order valence-corrected chi connectivity index (χ3v) is 4.65. The van der Waals surface area contributed by atoms with Gasteiger partial charge in [-0.15, -0.1) is 11.3 Å². The van der Waals surface area contributed by atoms with Crippen LogP contribution in [0, 0.1) is 5.82 Å². The molecular weight excluding hydrogens is 355 g/mol. The van der Waals surface area contributed by atoms with Crippen molar-refractivity contribution in [2.75, 3.05) is 0 Å². The Kier molecular flexibility index (Phi) is 4.10. The van der Waals surface area contributed by atoms with Crippen LogP contribution in [-0.2, 0) is 0 Å². The SMILES string of the molecule is O=C(Oc1ccc2cc(-c3ccc(F)cc3)c(=O)oc2c1)c1cccs1. The predicted octanol–water partition coefficient (Wildman–Crippen LogP) is 4.88. The lowest BCUT2D eigenvalue weighted by Crippen LogP contribution is -2.06. The molecule has 0 bridgehead atoms. The third kappa shape index (κ3) is 3.14. The molecule has 0 aliphatic heterocycles. The van der Waals surface area contributed by atoms with Gasteiger partial charge in [-0.2, -0.15) is 0 Å². The number of rotatable bonds is 3. The minimum atomic E-state index is -0.550. The van der Waals surface area contributed by atoms with Crippen LogP contribution in [0.2, 0.25) is 0 Å². The largest absolute Gasteiger partial charge is 0.422 e. The van der Waals surface area contributed by atoms with Crippen molar-refractivity contribution in [2.24, 2.45) is 0 Å². The molecule has 128 valence electrons. The summed E-state index contributed by atoms with van der Waals surface area (Å²) in [6.07, 6.45) is 0. The number of ether oxygens (including phenoxy) is 1. The first-order valence-electron chi connectivity index (χ1n) is 7.70. The lowest BCUT2D eigenvalue weighted by molar-refractivity contribution is 0.0740. The Balaban J connectivity index is 1.69. The maximum Gasteiger partial charge on any atom is 0.353 e. The summed E-state index contributed by atoms with van der Waals surface area (Å²) in [5, 5.41) is 2.45. The zero-order valence-corrected chi connectivity index (χ0v) is 14.1. The highest BCUT2D eigenvalue weighted by atomic mass is 32.1. The molecule has 0 atom stereocenters. The summed E-state index contributed by atoms with van der Waals surface area (Å²) < 4.78 is 23.7. The summed E-state index contributed by atoms with van der Waals surface area (Å²) in [6.45, 7) is 0. The molecule has 0 amide bonds. The van der Waals surface area contributed by atoms with Crippen LogP contribution >= 0.6 is 11.3 Å². The fourth-order valence-electron chi connectivity index (χ4n) is 2.54. The first-order valence-corrected chi connectivity index (χ1v) is 8.58. The number of benzene rings is 2. The fourth-order valence-corrected chi connectivity index (χ4v) is 3.14. The molecule has 0 radical (unpaired) electrons. The topological polar surface area (TPSA) is 56.5 Å². The van der Waals surface area contributed by atoms with E-state index in [1.54, 1.807) is 35.7 Å². The first-order chi connectivity index (χ1) is 12.6. The van der Waals surface area contributed by atoms with Crippen LogP contribution in [0.3, 0.4) is 0 Å². The van der Waals surface area contributed by atoms with Gasteiger partial charge < -0.3 is 9.15 Å². The molecule has 2 heterocycles. The minimum Gasteiger partial charge on any atom is -0.422 e. The molecule has 0 aliphatic carbocycles. The molecule has 26 heavy (non-hydrogen) atoms. The smallest absolute Gasteiger partial charge is 0.353 e. The van der Waals surface area contributed by atoms with E-state index in [9.17, 15) is 14.0 Å². The van der Waals surface area contributed by atoms with Crippen LogP contribution in [-0.4, -0.2) is 5.97 Å². The van der Waals surface area contributed by atoms with Gasteiger partial charge in [-0.05, 0) is 47.3 Å². The molecule has 4 nitrogen and oxygen atoms in total. The third-order valence-electron chi connectivity index (χ3n) is 3.80. The summed E-state index contributed by atoms with van der Waals surface area (Å²) in [6, 6.07) is 15.5. The number of fused-ring (bicyclic) bond motifs is 1. The molecule has 2 aromatic carbocycles. The lowest BCUT2D eigenvalue weighted by Gasteiger charge is -2.06. The summed E-state index contributed by atoms with van der Waals surface area (Å²) in [5.41, 5.74) is 0.652. The van der Waals surface area contributed by atoms with Crippen LogP contribution < -0.4 is 10.4 Å². The monoisotopic (exact) mass is 366 g/mol. The molecule has 0 spiro atoms. The Hall–Kier alpha value is -3.25. The highest BCUT2D eigenvalue weighted by Crippen LogP contribution is 2.25. The number of hydrogen-bond donors (Lipinski definition) is 0. The highest BCUT2D eigenvalue weighted by Gasteiger charge is 2.12. The van der Waals surface area contributed by atoms with Gasteiger partial charge in [0.15, 0.2) is 0 Å². The highest BCUT2D eigenvalue weighted by molar-refractivity contribution is 7.12. The van der Waals surface area contributed by atoms with Gasteiger partial charge in [-0.25, -0.2) is 14.0 Å². The molecule has 0 aliphatic rings. The van der Waals surface area contributed by atoms with E-state index in [1.165, 1.54) is 41.7 Å². The van der Waals surface area contributed by atoms with Gasteiger partial charge in [0.2, 0.25) is 0 Å². The maximum absolute atomic E-state index is 13.1. The average Bonchev–Trinajstić information content (AvgIpc) is 3.17. The summed E-state index contributed by atoms with van der Waals surface area (Å²) in [5.74, 6) is -0.561. The number of hydrogen-bond acceptors (Lipinski definition) is 5. The molecule has 2 aromatic heterocycles. The molecule has 0 unspecified atom stereocenters. The predicted molar refractivity (Wildman–Crippen MR) is 97.2 cm³/mol. The fraction of sp³-hybridized carbons (Fsp3) is 0. The standard InChI is InChI=1S/C20H11FO4S/c21-14-6-3-12(4-7-14)16-10-13-5-8-15(11-17(13)25-19(16)22)24-20(23)18-2-1-9-26-18/h1-11H. The van der Waals surface area contributed by atoms with E-state index in [0.29, 0.717) is 27.0 Å². The Labute approximate surface area is 151 Å². The number of thiophene rings is 1. The van der Waals surface area contributed by atoms with Crippen molar-refractivity contribution in [1.82, 2.24) is 0 Å². The van der Waals surface area contributed by atoms with E-state index in [1.807, 2.05) is 0 Å². The van der Waals surface area contributed by atoms with E-state index in [2.05, 4.69) is 0 Å². The van der Waals surface area contributed by atoms with E-state index in [-0.39, 0.29) is 11.6 Å². The van der Waals surface area contributed by atoms with Crippen molar-refractivity contribution in [3.05, 3.63) is 87.2 Å². The van der Waals surface area contributed by atoms with E-state index < -0.39 is 11.6 Å². The van der Waals surface area contributed by atoms with Crippen molar-refractivity contribution in [3.63, 3.8) is 0 Å². The second-order valence-electron chi connectivity index (χ2n) is 5.52. The second kappa shape index (κ2) is 6.57. The number of carbonyl (C=O) groups is 1. The lowest BCUT2D eigenvalue weighted by atomic mass is 10.1. The van der Waals surface area contributed by atoms with Crippen LogP contribution in [0.25, 0.3) is 22.1 Å². The first kappa shape index (κ1) is 16.2. The molecular formula is C20H11FO4S. The van der Waals surface area contributed by atoms with Gasteiger partial charge in [-0.3, -0.25) is 0 Å². The molecule has 0 saturated carbocycles. The Morgan fingerprint density at radius 2 is 1.85 bits per heavy atom. The van der Waals surface area contributed by atoms with Crippen molar-refractivity contribution in [3.8, 4) is 16.9 Å². The average molecular weight is 366 g/mol. The van der Waals surface area contributed by atoms with Gasteiger partial charge in [0.05, 0.1) is 5.56 Å². The Morgan fingerprint density at radius 3 is 2.58 bits per heavy atom. The van der Waals surface area contributed by atoms with Crippen molar-refractivity contribution in [2.45, 2.75) is 0 Å². The molecule has 4 aromatic rings. The van der Waals surface area contributed by atoms with Gasteiger partial charge in [0.25, 0.3) is 0 Å². The van der Waals surface area contributed by atoms with Crippen molar-refractivity contribution >= 4 is 28.3 Å². The molecule has 4 rings (SSSR count). The van der Waals surface area contributed by atoms with E-state index in [4.69, 9.17) is 9.15 Å². The van der Waals surface area contributed by atoms with Crippen LogP contribution in [0.15, 0.2) is 75.3 Å². The minimum absolute atomic E-state index is 0.286. The summed E-state index contributed by atoms with van der Waals surface area (Å²) in [7, 11) is 0. The zero-order chi connectivity index (χ0) is 18.1. The van der Waals surface area contributed by atoms with Crippen molar-refractivity contribution in [1.29, 1.82) is 0 Å². The van der Waals surface area contributed by atoms with Gasteiger partial charge in [-0.1, -0.05) is 18.2 Å². The number of carbonyl (C=O) groups excluding carboxylic acids is 1. The number of halogens is 1. The summed E-state index contributed by atoms with van der Waals surface area (Å²) in [4.78, 5) is 24.8. The molecule has 0 N–H and O–H groups in total. The van der Waals surface area contributed by atoms with Crippen molar-refractivity contribution < 1.29 is 18.3 Å². The molecule has 0 saturated heterocycles. The van der Waals surface area contributed by atoms with Crippen LogP contribution in [0.5, 0.6) is 5.75 Å². The van der Waals surface area contributed by atoms with Gasteiger partial charge >= 0.3 is 11.6 Å². The Morgan fingerprint density at radius 1 is 1.04 bits per heavy atom. The van der Waals surface area contributed by atoms with E-state index in [0.717, 1.165) is 0 Å². The van der Waals surface area contributed by atoms with E-state index >= 15 is 0 Å². The summed E-state index contributed by atoms with van der Waals surface area (Å²) >= 11 is 1.28.